The third-order valence-electron chi connectivity index (χ3n) is 3.27. The molecule has 1 saturated carbocycles. The molecular weight excluding hydrogens is 232 g/mol. The Morgan fingerprint density at radius 3 is 2.60 bits per heavy atom. The van der Waals surface area contributed by atoms with Crippen LogP contribution in [-0.4, -0.2) is 39.8 Å². The summed E-state index contributed by atoms with van der Waals surface area (Å²) < 4.78 is 8.03. The van der Waals surface area contributed by atoms with Gasteiger partial charge in [-0.15, -0.1) is 0 Å². The molecule has 1 fully saturated rings. The quantitative estimate of drug-likeness (QED) is 0.883. The second-order valence-electron chi connectivity index (χ2n) is 4.23. The minimum atomic E-state index is 0.285. The monoisotopic (exact) mass is 246 g/mol. The highest BCUT2D eigenvalue weighted by atomic mass is 35.5. The third kappa shape index (κ3) is 2.09. The molecule has 0 aromatic carbocycles. The summed E-state index contributed by atoms with van der Waals surface area (Å²) in [4.78, 5) is 2.29. The fourth-order valence-corrected chi connectivity index (χ4v) is 2.58. The molecule has 1 aliphatic carbocycles. The number of hydrogen-bond donors (Lipinski definition) is 1. The zero-order valence-corrected chi connectivity index (χ0v) is 10.5. The highest BCUT2D eigenvalue weighted by Crippen LogP contribution is 2.36. The van der Waals surface area contributed by atoms with E-state index in [1.54, 1.807) is 0 Å². The van der Waals surface area contributed by atoms with Gasteiger partial charge in [0.05, 0.1) is 11.7 Å². The number of hydrogen-bond acceptors (Lipinski definition) is 5. The van der Waals surface area contributed by atoms with Crippen molar-refractivity contribution in [2.45, 2.75) is 24.8 Å². The average Bonchev–Trinajstić information content (AvgIpc) is 2.49. The van der Waals surface area contributed by atoms with Crippen molar-refractivity contribution in [2.75, 3.05) is 26.0 Å². The summed E-state index contributed by atoms with van der Waals surface area (Å²) in [6.45, 7) is 0.894. The first-order valence-electron chi connectivity index (χ1n) is 5.03. The third-order valence-corrected chi connectivity index (χ3v) is 4.16. The van der Waals surface area contributed by atoms with Crippen LogP contribution in [0, 0.1) is 0 Å². The maximum absolute atomic E-state index is 5.87. The van der Waals surface area contributed by atoms with Crippen LogP contribution in [0.3, 0.4) is 0 Å². The Hall–Kier alpha value is -0.390. The Kier molecular flexibility index (Phi) is 3.13. The highest BCUT2D eigenvalue weighted by molar-refractivity contribution is 6.99. The Morgan fingerprint density at radius 1 is 1.47 bits per heavy atom. The maximum atomic E-state index is 5.87. The number of nitrogens with one attached hydrogen (secondary N) is 1. The molecule has 1 N–H and O–H groups in total. The van der Waals surface area contributed by atoms with Crippen LogP contribution in [0.2, 0.25) is 5.15 Å². The van der Waals surface area contributed by atoms with Crippen molar-refractivity contribution in [3.05, 3.63) is 5.15 Å². The van der Waals surface area contributed by atoms with Gasteiger partial charge in [0.25, 0.3) is 0 Å². The molecule has 0 atom stereocenters. The first-order chi connectivity index (χ1) is 7.14. The molecule has 1 aromatic heterocycles. The summed E-state index contributed by atoms with van der Waals surface area (Å²) in [6.07, 6.45) is 3.78. The molecule has 0 radical (unpaired) electrons. The van der Waals surface area contributed by atoms with Gasteiger partial charge in [-0.05, 0) is 33.4 Å². The predicted molar refractivity (Wildman–Crippen MR) is 63.7 cm³/mol. The lowest BCUT2D eigenvalue weighted by Crippen LogP contribution is -2.54. The average molecular weight is 247 g/mol. The molecule has 6 heteroatoms. The number of halogens is 1. The minimum Gasteiger partial charge on any atom is -0.365 e. The predicted octanol–water partition coefficient (Wildman–Crippen LogP) is 2.09. The van der Waals surface area contributed by atoms with Crippen LogP contribution >= 0.6 is 23.3 Å². The SMILES string of the molecule is CN(C)C1(CNc2nsnc2Cl)CCC1. The van der Waals surface area contributed by atoms with Crippen molar-refractivity contribution in [3.63, 3.8) is 0 Å². The molecule has 0 amide bonds. The second-order valence-corrected chi connectivity index (χ2v) is 5.12. The molecule has 0 saturated heterocycles. The van der Waals surface area contributed by atoms with Crippen LogP contribution in [-0.2, 0) is 0 Å². The molecule has 84 valence electrons. The normalized spacial score (nSPS) is 18.9. The van der Waals surface area contributed by atoms with E-state index >= 15 is 0 Å². The fraction of sp³-hybridized carbons (Fsp3) is 0.778. The van der Waals surface area contributed by atoms with E-state index in [9.17, 15) is 0 Å². The first-order valence-corrected chi connectivity index (χ1v) is 6.14. The van der Waals surface area contributed by atoms with Crippen LogP contribution in [0.15, 0.2) is 0 Å². The summed E-state index contributed by atoms with van der Waals surface area (Å²) in [5.74, 6) is 0.717. The van der Waals surface area contributed by atoms with Gasteiger partial charge in [0.15, 0.2) is 11.0 Å². The van der Waals surface area contributed by atoms with Gasteiger partial charge in [-0.2, -0.15) is 8.75 Å². The number of rotatable bonds is 4. The largest absolute Gasteiger partial charge is 0.365 e. The van der Waals surface area contributed by atoms with Crippen LogP contribution in [0.25, 0.3) is 0 Å². The maximum Gasteiger partial charge on any atom is 0.186 e. The molecule has 1 aliphatic rings. The Labute approximate surface area is 99.0 Å². The number of likely N-dealkylation sites (N-methyl/N-ethyl adjacent to an activating group) is 1. The van der Waals surface area contributed by atoms with Crippen molar-refractivity contribution in [2.24, 2.45) is 0 Å². The molecule has 1 heterocycles. The van der Waals surface area contributed by atoms with Crippen molar-refractivity contribution >= 4 is 29.1 Å². The van der Waals surface area contributed by atoms with Crippen LogP contribution in [0.1, 0.15) is 19.3 Å². The molecule has 0 aliphatic heterocycles. The van der Waals surface area contributed by atoms with Crippen molar-refractivity contribution in [3.8, 4) is 0 Å². The van der Waals surface area contributed by atoms with Crippen LogP contribution < -0.4 is 5.32 Å². The van der Waals surface area contributed by atoms with E-state index in [2.05, 4.69) is 33.1 Å². The van der Waals surface area contributed by atoms with Crippen molar-refractivity contribution in [1.82, 2.24) is 13.6 Å². The number of aromatic nitrogens is 2. The molecule has 15 heavy (non-hydrogen) atoms. The second kappa shape index (κ2) is 4.23. The zero-order chi connectivity index (χ0) is 10.9. The summed E-state index contributed by atoms with van der Waals surface area (Å²) in [5, 5.41) is 3.76. The molecule has 1 aromatic rings. The lowest BCUT2D eigenvalue weighted by molar-refractivity contribution is 0.0738. The Morgan fingerprint density at radius 2 is 2.20 bits per heavy atom. The standard InChI is InChI=1S/C9H15ClN4S/c1-14(2)9(4-3-5-9)6-11-8-7(10)12-15-13-8/h3-6H2,1-2H3,(H,11,13). The van der Waals surface area contributed by atoms with E-state index in [-0.39, 0.29) is 5.54 Å². The molecule has 0 unspecified atom stereocenters. The Balaban J connectivity index is 1.95. The van der Waals surface area contributed by atoms with Gasteiger partial charge < -0.3 is 10.2 Å². The van der Waals surface area contributed by atoms with Gasteiger partial charge in [-0.25, -0.2) is 0 Å². The van der Waals surface area contributed by atoms with Crippen molar-refractivity contribution in [1.29, 1.82) is 0 Å². The van der Waals surface area contributed by atoms with E-state index in [0.717, 1.165) is 24.1 Å². The summed E-state index contributed by atoms with van der Waals surface area (Å²) in [7, 11) is 4.25. The van der Waals surface area contributed by atoms with E-state index in [0.29, 0.717) is 5.15 Å². The van der Waals surface area contributed by atoms with Gasteiger partial charge in [0.2, 0.25) is 0 Å². The van der Waals surface area contributed by atoms with E-state index in [4.69, 9.17) is 11.6 Å². The van der Waals surface area contributed by atoms with E-state index < -0.39 is 0 Å². The van der Waals surface area contributed by atoms with E-state index in [1.807, 2.05) is 0 Å². The Bertz CT molecular complexity index is 335. The molecule has 0 spiro atoms. The summed E-state index contributed by atoms with van der Waals surface area (Å²) in [6, 6.07) is 0. The molecule has 2 rings (SSSR count). The number of nitrogens with zero attached hydrogens (tertiary/aromatic N) is 3. The minimum absolute atomic E-state index is 0.285. The zero-order valence-electron chi connectivity index (χ0n) is 8.96. The first kappa shape index (κ1) is 11.1. The van der Waals surface area contributed by atoms with Crippen molar-refractivity contribution < 1.29 is 0 Å². The van der Waals surface area contributed by atoms with Gasteiger partial charge in [0, 0.05) is 12.1 Å². The fourth-order valence-electron chi connectivity index (χ4n) is 1.90. The molecular formula is C9H15ClN4S. The molecule has 4 nitrogen and oxygen atoms in total. The van der Waals surface area contributed by atoms with Gasteiger partial charge >= 0.3 is 0 Å². The molecule has 0 bridgehead atoms. The number of anilines is 1. The lowest BCUT2D eigenvalue weighted by atomic mass is 9.75. The summed E-state index contributed by atoms with van der Waals surface area (Å²) >= 11 is 7.01. The van der Waals surface area contributed by atoms with Gasteiger partial charge in [-0.3, -0.25) is 0 Å². The van der Waals surface area contributed by atoms with Crippen LogP contribution in [0.4, 0.5) is 5.82 Å². The van der Waals surface area contributed by atoms with Crippen LogP contribution in [0.5, 0.6) is 0 Å². The summed E-state index contributed by atoms with van der Waals surface area (Å²) in [5.41, 5.74) is 0.285. The van der Waals surface area contributed by atoms with E-state index in [1.165, 1.54) is 19.3 Å². The van der Waals surface area contributed by atoms with Gasteiger partial charge in [-0.1, -0.05) is 11.6 Å². The smallest absolute Gasteiger partial charge is 0.186 e. The lowest BCUT2D eigenvalue weighted by Gasteiger charge is -2.47. The highest BCUT2D eigenvalue weighted by Gasteiger charge is 2.38. The topological polar surface area (TPSA) is 41.0 Å². The van der Waals surface area contributed by atoms with Gasteiger partial charge in [0.1, 0.15) is 0 Å².